The molecule has 0 bridgehead atoms. The zero-order chi connectivity index (χ0) is 19.7. The highest BCUT2D eigenvalue weighted by Gasteiger charge is 2.26. The van der Waals surface area contributed by atoms with Crippen molar-refractivity contribution < 1.29 is 9.53 Å². The van der Waals surface area contributed by atoms with Crippen molar-refractivity contribution >= 4 is 44.9 Å². The summed E-state index contributed by atoms with van der Waals surface area (Å²) in [5.74, 6) is 1.15. The van der Waals surface area contributed by atoms with Gasteiger partial charge in [0.15, 0.2) is 0 Å². The molecule has 1 aromatic carbocycles. The number of benzene rings is 1. The first-order valence-corrected chi connectivity index (χ1v) is 10.6. The van der Waals surface area contributed by atoms with E-state index in [4.69, 9.17) is 16.3 Å². The summed E-state index contributed by atoms with van der Waals surface area (Å²) in [4.78, 5) is 24.5. The number of piperidine rings is 1. The number of nitrogens with zero attached hydrogens (tertiary/aromatic N) is 3. The van der Waals surface area contributed by atoms with Gasteiger partial charge in [0.2, 0.25) is 5.28 Å². The molecule has 0 N–H and O–H groups in total. The molecule has 1 aliphatic heterocycles. The Balaban J connectivity index is 1.58. The highest BCUT2D eigenvalue weighted by molar-refractivity contribution is 7.20. The summed E-state index contributed by atoms with van der Waals surface area (Å²) in [6.45, 7) is 3.76. The Labute approximate surface area is 173 Å². The number of anilines is 1. The van der Waals surface area contributed by atoms with Gasteiger partial charge in [-0.25, -0.2) is 9.78 Å². The van der Waals surface area contributed by atoms with Crippen molar-refractivity contribution in [3.05, 3.63) is 51.6 Å². The fraction of sp³-hybridized carbons (Fsp3) is 0.381. The molecule has 3 heterocycles. The Bertz CT molecular complexity index is 998. The van der Waals surface area contributed by atoms with E-state index in [0.29, 0.717) is 10.8 Å². The zero-order valence-electron chi connectivity index (χ0n) is 15.9. The summed E-state index contributed by atoms with van der Waals surface area (Å²) in [6, 6.07) is 10.7. The lowest BCUT2D eigenvalue weighted by atomic mass is 9.90. The number of rotatable bonds is 4. The molecule has 0 aliphatic carbocycles. The van der Waals surface area contributed by atoms with Crippen LogP contribution in [0.1, 0.15) is 33.6 Å². The third-order valence-electron chi connectivity index (χ3n) is 5.40. The molecule has 28 heavy (non-hydrogen) atoms. The normalized spacial score (nSPS) is 15.2. The quantitative estimate of drug-likeness (QED) is 0.448. The Morgan fingerprint density at radius 1 is 1.25 bits per heavy atom. The van der Waals surface area contributed by atoms with Crippen LogP contribution in [0.4, 0.5) is 5.82 Å². The van der Waals surface area contributed by atoms with Crippen molar-refractivity contribution in [3.63, 3.8) is 0 Å². The van der Waals surface area contributed by atoms with E-state index in [1.165, 1.54) is 24.0 Å². The molecule has 2 aromatic heterocycles. The maximum absolute atomic E-state index is 12.1. The maximum atomic E-state index is 12.1. The number of carbonyl (C=O) groups is 1. The summed E-state index contributed by atoms with van der Waals surface area (Å²) >= 11 is 7.51. The molecule has 1 aliphatic rings. The van der Waals surface area contributed by atoms with Crippen LogP contribution in [0.2, 0.25) is 5.28 Å². The van der Waals surface area contributed by atoms with Crippen LogP contribution in [0.3, 0.4) is 0 Å². The second-order valence-electron chi connectivity index (χ2n) is 7.16. The number of thiophene rings is 1. The van der Waals surface area contributed by atoms with Gasteiger partial charge in [0.1, 0.15) is 15.5 Å². The molecule has 0 saturated carbocycles. The molecule has 3 aromatic rings. The smallest absolute Gasteiger partial charge is 0.348 e. The van der Waals surface area contributed by atoms with Gasteiger partial charge in [-0.3, -0.25) is 0 Å². The van der Waals surface area contributed by atoms with E-state index in [-0.39, 0.29) is 11.3 Å². The standard InChI is InChI=1S/C21H22ClN3O2S/c1-13-16-18(23-21(22)24-19(16)28-17(13)20(26)27-2)25-10-8-15(9-11-25)12-14-6-4-3-5-7-14/h3-7,15H,8-12H2,1-2H3. The van der Waals surface area contributed by atoms with E-state index in [1.54, 1.807) is 0 Å². The largest absolute Gasteiger partial charge is 0.465 e. The van der Waals surface area contributed by atoms with Crippen molar-refractivity contribution in [2.75, 3.05) is 25.1 Å². The van der Waals surface area contributed by atoms with Gasteiger partial charge in [0.05, 0.1) is 12.5 Å². The number of aryl methyl sites for hydroxylation is 1. The molecule has 0 amide bonds. The third-order valence-corrected chi connectivity index (χ3v) is 6.73. The molecule has 146 valence electrons. The first-order valence-electron chi connectivity index (χ1n) is 9.40. The van der Waals surface area contributed by atoms with E-state index in [2.05, 4.69) is 45.2 Å². The van der Waals surface area contributed by atoms with Gasteiger partial charge >= 0.3 is 5.97 Å². The minimum Gasteiger partial charge on any atom is -0.465 e. The molecule has 1 fully saturated rings. The minimum absolute atomic E-state index is 0.214. The lowest BCUT2D eigenvalue weighted by molar-refractivity contribution is 0.0605. The number of esters is 1. The van der Waals surface area contributed by atoms with Gasteiger partial charge < -0.3 is 9.64 Å². The predicted octanol–water partition coefficient (Wildman–Crippen LogP) is 4.90. The number of carbonyl (C=O) groups excluding carboxylic acids is 1. The van der Waals surface area contributed by atoms with Crippen LogP contribution < -0.4 is 4.90 Å². The maximum Gasteiger partial charge on any atom is 0.348 e. The Morgan fingerprint density at radius 3 is 2.64 bits per heavy atom. The minimum atomic E-state index is -0.343. The van der Waals surface area contributed by atoms with Gasteiger partial charge in [0.25, 0.3) is 0 Å². The highest BCUT2D eigenvalue weighted by Crippen LogP contribution is 2.38. The van der Waals surface area contributed by atoms with Gasteiger partial charge in [-0.2, -0.15) is 4.98 Å². The molecule has 0 radical (unpaired) electrons. The van der Waals surface area contributed by atoms with E-state index in [1.807, 2.05) is 6.92 Å². The molecule has 0 unspecified atom stereocenters. The zero-order valence-corrected chi connectivity index (χ0v) is 17.5. The summed E-state index contributed by atoms with van der Waals surface area (Å²) in [5.41, 5.74) is 2.26. The molecule has 1 saturated heterocycles. The molecular formula is C21H22ClN3O2S. The Kier molecular flexibility index (Phi) is 5.51. The molecule has 0 spiro atoms. The number of fused-ring (bicyclic) bond motifs is 1. The molecule has 0 atom stereocenters. The van der Waals surface area contributed by atoms with Gasteiger partial charge in [-0.1, -0.05) is 30.3 Å². The van der Waals surface area contributed by atoms with Crippen LogP contribution >= 0.6 is 22.9 Å². The highest BCUT2D eigenvalue weighted by atomic mass is 35.5. The van der Waals surface area contributed by atoms with Gasteiger partial charge in [-0.15, -0.1) is 11.3 Å². The molecule has 7 heteroatoms. The van der Waals surface area contributed by atoms with Crippen molar-refractivity contribution in [3.8, 4) is 0 Å². The van der Waals surface area contributed by atoms with Crippen LogP contribution in [0.15, 0.2) is 30.3 Å². The Hall–Kier alpha value is -2.18. The molecule has 5 nitrogen and oxygen atoms in total. The second kappa shape index (κ2) is 8.05. The van der Waals surface area contributed by atoms with Crippen molar-refractivity contribution in [2.24, 2.45) is 5.92 Å². The van der Waals surface area contributed by atoms with Crippen LogP contribution in [0, 0.1) is 12.8 Å². The van der Waals surface area contributed by atoms with Crippen molar-refractivity contribution in [1.82, 2.24) is 9.97 Å². The average molecular weight is 416 g/mol. The third kappa shape index (κ3) is 3.71. The monoisotopic (exact) mass is 415 g/mol. The summed E-state index contributed by atoms with van der Waals surface area (Å²) in [5, 5.41) is 1.13. The Morgan fingerprint density at radius 2 is 1.96 bits per heavy atom. The summed E-state index contributed by atoms with van der Waals surface area (Å²) in [6.07, 6.45) is 3.31. The van der Waals surface area contributed by atoms with Gasteiger partial charge in [-0.05, 0) is 54.8 Å². The van der Waals surface area contributed by atoms with Crippen LogP contribution in [-0.2, 0) is 11.2 Å². The lowest BCUT2D eigenvalue weighted by Crippen LogP contribution is -2.35. The van der Waals surface area contributed by atoms with E-state index in [0.717, 1.165) is 53.9 Å². The second-order valence-corrected chi connectivity index (χ2v) is 8.50. The topological polar surface area (TPSA) is 55.3 Å². The van der Waals surface area contributed by atoms with Crippen LogP contribution in [-0.4, -0.2) is 36.1 Å². The summed E-state index contributed by atoms with van der Waals surface area (Å²) < 4.78 is 4.91. The SMILES string of the molecule is COC(=O)c1sc2nc(Cl)nc(N3CCC(Cc4ccccc4)CC3)c2c1C. The van der Waals surface area contributed by atoms with Gasteiger partial charge in [0, 0.05) is 13.1 Å². The number of aromatic nitrogens is 2. The van der Waals surface area contributed by atoms with Crippen molar-refractivity contribution in [2.45, 2.75) is 26.2 Å². The van der Waals surface area contributed by atoms with E-state index >= 15 is 0 Å². The fourth-order valence-corrected chi connectivity index (χ4v) is 5.21. The summed E-state index contributed by atoms with van der Waals surface area (Å²) in [7, 11) is 1.39. The van der Waals surface area contributed by atoms with Crippen molar-refractivity contribution in [1.29, 1.82) is 0 Å². The predicted molar refractivity (Wildman–Crippen MR) is 114 cm³/mol. The fourth-order valence-electron chi connectivity index (χ4n) is 3.90. The van der Waals surface area contributed by atoms with Crippen LogP contribution in [0.25, 0.3) is 10.2 Å². The average Bonchev–Trinajstić information content (AvgIpc) is 3.04. The van der Waals surface area contributed by atoms with E-state index < -0.39 is 0 Å². The molecular weight excluding hydrogens is 394 g/mol. The number of ether oxygens (including phenoxy) is 1. The molecule has 4 rings (SSSR count). The number of methoxy groups -OCH3 is 1. The lowest BCUT2D eigenvalue weighted by Gasteiger charge is -2.33. The number of hydrogen-bond acceptors (Lipinski definition) is 6. The first kappa shape index (κ1) is 19.2. The number of halogens is 1. The van der Waals surface area contributed by atoms with Crippen LogP contribution in [0.5, 0.6) is 0 Å². The first-order chi connectivity index (χ1) is 13.6. The van der Waals surface area contributed by atoms with E-state index in [9.17, 15) is 4.79 Å². The number of hydrogen-bond donors (Lipinski definition) is 0.